The zero-order valence-electron chi connectivity index (χ0n) is 20.5. The molecule has 1 rings (SSSR count). The second-order valence-electron chi connectivity index (χ2n) is 8.97. The lowest BCUT2D eigenvalue weighted by Gasteiger charge is -2.19. The molecule has 0 aromatic heterocycles. The van der Waals surface area contributed by atoms with Gasteiger partial charge in [0.05, 0.1) is 6.61 Å². The van der Waals surface area contributed by atoms with E-state index in [-0.39, 0.29) is 0 Å². The molecule has 0 saturated carbocycles. The summed E-state index contributed by atoms with van der Waals surface area (Å²) in [5.41, 5.74) is 5.80. The van der Waals surface area contributed by atoms with Crippen LogP contribution in [0.25, 0.3) is 0 Å². The maximum atomic E-state index is 6.25. The molecule has 0 amide bonds. The Morgan fingerprint density at radius 3 is 1.66 bits per heavy atom. The summed E-state index contributed by atoms with van der Waals surface area (Å²) in [6, 6.07) is 2.44. The first-order valence-electron chi connectivity index (χ1n) is 12.9. The Labute approximate surface area is 183 Å². The van der Waals surface area contributed by atoms with Gasteiger partial charge in [0.25, 0.3) is 0 Å². The molecule has 0 unspecified atom stereocenters. The molecule has 0 saturated heterocycles. The van der Waals surface area contributed by atoms with Crippen LogP contribution in [0.15, 0.2) is 6.07 Å². The van der Waals surface area contributed by atoms with Crippen LogP contribution in [-0.2, 0) is 12.8 Å². The third kappa shape index (κ3) is 10.6. The van der Waals surface area contributed by atoms with Crippen molar-refractivity contribution in [3.05, 3.63) is 28.3 Å². The van der Waals surface area contributed by atoms with Crippen molar-refractivity contribution in [2.75, 3.05) is 6.61 Å². The van der Waals surface area contributed by atoms with Gasteiger partial charge in [0.1, 0.15) is 5.75 Å². The first kappa shape index (κ1) is 26.1. The highest BCUT2D eigenvalue weighted by atomic mass is 16.5. The Balaban J connectivity index is 2.39. The molecule has 0 aliphatic heterocycles. The number of hydrogen-bond donors (Lipinski definition) is 0. The maximum Gasteiger partial charge on any atom is 0.125 e. The van der Waals surface area contributed by atoms with Gasteiger partial charge in [-0.05, 0) is 61.8 Å². The number of benzene rings is 1. The summed E-state index contributed by atoms with van der Waals surface area (Å²) in [5.74, 6) is 1.17. The number of aryl methyl sites for hydroxylation is 2. The molecular weight excluding hydrogens is 352 g/mol. The predicted molar refractivity (Wildman–Crippen MR) is 130 cm³/mol. The fraction of sp³-hybridized carbons (Fsp3) is 0.786. The fourth-order valence-electron chi connectivity index (χ4n) is 4.27. The molecule has 0 aliphatic rings. The van der Waals surface area contributed by atoms with Gasteiger partial charge in [-0.3, -0.25) is 0 Å². The maximum absolute atomic E-state index is 6.25. The van der Waals surface area contributed by atoms with Gasteiger partial charge >= 0.3 is 0 Å². The Hall–Kier alpha value is -0.980. The van der Waals surface area contributed by atoms with Crippen LogP contribution in [0, 0.1) is 13.8 Å². The molecule has 1 aromatic carbocycles. The van der Waals surface area contributed by atoms with Crippen LogP contribution in [0.2, 0.25) is 0 Å². The molecule has 1 heteroatoms. The zero-order valence-corrected chi connectivity index (χ0v) is 20.5. The van der Waals surface area contributed by atoms with E-state index in [2.05, 4.69) is 40.7 Å². The van der Waals surface area contributed by atoms with Crippen molar-refractivity contribution in [2.45, 2.75) is 137 Å². The molecule has 0 bridgehead atoms. The lowest BCUT2D eigenvalue weighted by Crippen LogP contribution is -2.05. The summed E-state index contributed by atoms with van der Waals surface area (Å²) in [4.78, 5) is 0. The van der Waals surface area contributed by atoms with Crippen molar-refractivity contribution in [1.29, 1.82) is 0 Å². The minimum absolute atomic E-state index is 0.866. The van der Waals surface area contributed by atoms with Crippen LogP contribution >= 0.6 is 0 Å². The van der Waals surface area contributed by atoms with Crippen LogP contribution in [0.3, 0.4) is 0 Å². The number of unbranched alkanes of at least 4 members (excludes halogenated alkanes) is 12. The highest BCUT2D eigenvalue weighted by Crippen LogP contribution is 2.31. The Kier molecular flexibility index (Phi) is 15.1. The van der Waals surface area contributed by atoms with E-state index in [4.69, 9.17) is 4.74 Å². The Morgan fingerprint density at radius 1 is 0.586 bits per heavy atom. The number of ether oxygens (including phenoxy) is 1. The van der Waals surface area contributed by atoms with Gasteiger partial charge in [0.2, 0.25) is 0 Å². The molecule has 0 fully saturated rings. The molecule has 0 radical (unpaired) electrons. The molecular formula is C28H50O. The summed E-state index contributed by atoms with van der Waals surface area (Å²) in [5, 5.41) is 0. The van der Waals surface area contributed by atoms with E-state index in [0.29, 0.717) is 0 Å². The smallest absolute Gasteiger partial charge is 0.125 e. The van der Waals surface area contributed by atoms with E-state index in [1.54, 1.807) is 5.56 Å². The summed E-state index contributed by atoms with van der Waals surface area (Å²) in [6.45, 7) is 12.2. The first-order chi connectivity index (χ1) is 14.2. The van der Waals surface area contributed by atoms with Crippen LogP contribution in [0.1, 0.15) is 133 Å². The number of hydrogen-bond acceptors (Lipinski definition) is 1. The molecule has 0 N–H and O–H groups in total. The lowest BCUT2D eigenvalue weighted by atomic mass is 9.93. The predicted octanol–water partition coefficient (Wildman–Crippen LogP) is 9.29. The summed E-state index contributed by atoms with van der Waals surface area (Å²) in [6.07, 6.45) is 21.4. The van der Waals surface area contributed by atoms with Crippen molar-refractivity contribution in [3.63, 3.8) is 0 Å². The number of rotatable bonds is 18. The van der Waals surface area contributed by atoms with Crippen LogP contribution in [0.4, 0.5) is 0 Å². The highest BCUT2D eigenvalue weighted by molar-refractivity contribution is 5.49. The molecule has 1 aromatic rings. The van der Waals surface area contributed by atoms with Gasteiger partial charge in [0.15, 0.2) is 0 Å². The molecule has 0 spiro atoms. The van der Waals surface area contributed by atoms with Crippen LogP contribution in [-0.4, -0.2) is 6.61 Å². The topological polar surface area (TPSA) is 9.23 Å². The second kappa shape index (κ2) is 16.8. The van der Waals surface area contributed by atoms with E-state index in [1.807, 2.05) is 0 Å². The van der Waals surface area contributed by atoms with Gasteiger partial charge in [-0.2, -0.15) is 0 Å². The molecule has 0 atom stereocenters. The quantitative estimate of drug-likeness (QED) is 0.222. The third-order valence-electron chi connectivity index (χ3n) is 6.45. The standard InChI is InChI=1S/C28H50O/c1-6-9-11-13-14-15-16-17-18-19-21-27-23-26(8-3)28(25(5)24(27)4)29-22-20-12-10-7-2/h23H,6-22H2,1-5H3. The van der Waals surface area contributed by atoms with Crippen molar-refractivity contribution in [3.8, 4) is 5.75 Å². The van der Waals surface area contributed by atoms with Gasteiger partial charge < -0.3 is 4.74 Å². The summed E-state index contributed by atoms with van der Waals surface area (Å²) >= 11 is 0. The average molecular weight is 403 g/mol. The van der Waals surface area contributed by atoms with Crippen molar-refractivity contribution < 1.29 is 4.74 Å². The Morgan fingerprint density at radius 2 is 1.10 bits per heavy atom. The minimum atomic E-state index is 0.866. The van der Waals surface area contributed by atoms with Crippen LogP contribution in [0.5, 0.6) is 5.75 Å². The molecule has 0 heterocycles. The summed E-state index contributed by atoms with van der Waals surface area (Å²) in [7, 11) is 0. The largest absolute Gasteiger partial charge is 0.493 e. The van der Waals surface area contributed by atoms with Crippen molar-refractivity contribution in [2.24, 2.45) is 0 Å². The monoisotopic (exact) mass is 402 g/mol. The average Bonchev–Trinajstić information content (AvgIpc) is 2.73. The van der Waals surface area contributed by atoms with Crippen molar-refractivity contribution >= 4 is 0 Å². The van der Waals surface area contributed by atoms with Gasteiger partial charge in [-0.15, -0.1) is 0 Å². The van der Waals surface area contributed by atoms with E-state index in [1.165, 1.54) is 119 Å². The first-order valence-corrected chi connectivity index (χ1v) is 12.9. The third-order valence-corrected chi connectivity index (χ3v) is 6.45. The highest BCUT2D eigenvalue weighted by Gasteiger charge is 2.13. The van der Waals surface area contributed by atoms with E-state index in [0.717, 1.165) is 13.0 Å². The van der Waals surface area contributed by atoms with E-state index in [9.17, 15) is 0 Å². The van der Waals surface area contributed by atoms with Gasteiger partial charge in [-0.1, -0.05) is 104 Å². The van der Waals surface area contributed by atoms with Crippen molar-refractivity contribution in [1.82, 2.24) is 0 Å². The van der Waals surface area contributed by atoms with E-state index < -0.39 is 0 Å². The molecule has 168 valence electrons. The zero-order chi connectivity index (χ0) is 21.3. The van der Waals surface area contributed by atoms with E-state index >= 15 is 0 Å². The SMILES string of the molecule is CCCCCCCCCCCCc1cc(CC)c(OCCCCCC)c(C)c1C. The minimum Gasteiger partial charge on any atom is -0.493 e. The fourth-order valence-corrected chi connectivity index (χ4v) is 4.27. The lowest BCUT2D eigenvalue weighted by molar-refractivity contribution is 0.300. The Bertz CT molecular complexity index is 532. The van der Waals surface area contributed by atoms with Gasteiger partial charge in [0, 0.05) is 0 Å². The second-order valence-corrected chi connectivity index (χ2v) is 8.97. The summed E-state index contributed by atoms with van der Waals surface area (Å²) < 4.78 is 6.25. The molecule has 0 aliphatic carbocycles. The molecule has 1 nitrogen and oxygen atoms in total. The molecule has 29 heavy (non-hydrogen) atoms. The normalized spacial score (nSPS) is 11.2. The van der Waals surface area contributed by atoms with Crippen LogP contribution < -0.4 is 4.74 Å². The van der Waals surface area contributed by atoms with Gasteiger partial charge in [-0.25, -0.2) is 0 Å².